The van der Waals surface area contributed by atoms with Crippen LogP contribution in [-0.2, 0) is 11.3 Å². The normalized spacial score (nSPS) is 17.5. The van der Waals surface area contributed by atoms with Gasteiger partial charge in [-0.15, -0.1) is 0 Å². The van der Waals surface area contributed by atoms with Gasteiger partial charge in [-0.1, -0.05) is 0 Å². The van der Waals surface area contributed by atoms with E-state index in [1.807, 2.05) is 0 Å². The lowest BCUT2D eigenvalue weighted by Gasteiger charge is -2.08. The van der Waals surface area contributed by atoms with Crippen LogP contribution in [0.3, 0.4) is 0 Å². The van der Waals surface area contributed by atoms with Gasteiger partial charge < -0.3 is 11.1 Å². The zero-order valence-corrected chi connectivity index (χ0v) is 7.73. The van der Waals surface area contributed by atoms with Crippen molar-refractivity contribution in [3.05, 3.63) is 24.3 Å². The van der Waals surface area contributed by atoms with E-state index in [0.717, 1.165) is 18.5 Å². The van der Waals surface area contributed by atoms with E-state index >= 15 is 0 Å². The molecule has 14 heavy (non-hydrogen) atoms. The van der Waals surface area contributed by atoms with E-state index < -0.39 is 5.54 Å². The lowest BCUT2D eigenvalue weighted by atomic mass is 10.2. The minimum absolute atomic E-state index is 0.0869. The Labute approximate surface area is 81.7 Å². The Bertz CT molecular complexity index is 334. The van der Waals surface area contributed by atoms with Gasteiger partial charge in [-0.2, -0.15) is 0 Å². The largest absolute Gasteiger partial charge is 0.349 e. The van der Waals surface area contributed by atoms with Gasteiger partial charge in [0.05, 0.1) is 17.8 Å². The third-order valence-corrected chi connectivity index (χ3v) is 2.31. The van der Waals surface area contributed by atoms with E-state index in [9.17, 15) is 4.79 Å². The first-order valence-corrected chi connectivity index (χ1v) is 4.53. The molecule has 1 aliphatic carbocycles. The molecule has 5 heteroatoms. The van der Waals surface area contributed by atoms with E-state index in [1.165, 1.54) is 6.33 Å². The fourth-order valence-electron chi connectivity index (χ4n) is 1.13. The van der Waals surface area contributed by atoms with Crippen molar-refractivity contribution in [2.45, 2.75) is 24.9 Å². The van der Waals surface area contributed by atoms with Gasteiger partial charge in [0.1, 0.15) is 6.33 Å². The third kappa shape index (κ3) is 1.88. The van der Waals surface area contributed by atoms with Gasteiger partial charge >= 0.3 is 0 Å². The van der Waals surface area contributed by atoms with Crippen molar-refractivity contribution in [3.8, 4) is 0 Å². The Kier molecular flexibility index (Phi) is 2.17. The SMILES string of the molecule is NC1(C(=O)NCc2ccncn2)CC1. The number of hydrogen-bond acceptors (Lipinski definition) is 4. The number of carbonyl (C=O) groups is 1. The highest BCUT2D eigenvalue weighted by Gasteiger charge is 2.45. The van der Waals surface area contributed by atoms with E-state index in [1.54, 1.807) is 12.3 Å². The molecule has 0 atom stereocenters. The minimum Gasteiger partial charge on any atom is -0.349 e. The van der Waals surface area contributed by atoms with E-state index in [2.05, 4.69) is 15.3 Å². The number of nitrogens with zero attached hydrogens (tertiary/aromatic N) is 2. The summed E-state index contributed by atoms with van der Waals surface area (Å²) in [6.45, 7) is 0.417. The van der Waals surface area contributed by atoms with Crippen LogP contribution in [0.2, 0.25) is 0 Å². The highest BCUT2D eigenvalue weighted by atomic mass is 16.2. The maximum absolute atomic E-state index is 11.4. The second-order valence-electron chi connectivity index (χ2n) is 3.54. The summed E-state index contributed by atoms with van der Waals surface area (Å²) in [4.78, 5) is 19.2. The number of amides is 1. The molecule has 1 aromatic heterocycles. The summed E-state index contributed by atoms with van der Waals surface area (Å²) in [5.74, 6) is -0.0869. The fraction of sp³-hybridized carbons (Fsp3) is 0.444. The van der Waals surface area contributed by atoms with Crippen molar-refractivity contribution < 1.29 is 4.79 Å². The van der Waals surface area contributed by atoms with Crippen molar-refractivity contribution >= 4 is 5.91 Å². The first-order valence-electron chi connectivity index (χ1n) is 4.53. The number of rotatable bonds is 3. The highest BCUT2D eigenvalue weighted by Crippen LogP contribution is 2.32. The quantitative estimate of drug-likeness (QED) is 0.681. The van der Waals surface area contributed by atoms with E-state index in [-0.39, 0.29) is 5.91 Å². The van der Waals surface area contributed by atoms with Gasteiger partial charge in [-0.05, 0) is 18.9 Å². The number of nitrogens with two attached hydrogens (primary N) is 1. The summed E-state index contributed by atoms with van der Waals surface area (Å²) in [6, 6.07) is 1.76. The Hall–Kier alpha value is -1.49. The molecule has 0 bridgehead atoms. The van der Waals surface area contributed by atoms with Gasteiger partial charge in [0.25, 0.3) is 0 Å². The van der Waals surface area contributed by atoms with Crippen molar-refractivity contribution in [1.82, 2.24) is 15.3 Å². The first-order chi connectivity index (χ1) is 6.71. The smallest absolute Gasteiger partial charge is 0.240 e. The summed E-state index contributed by atoms with van der Waals surface area (Å²) in [5.41, 5.74) is 5.89. The van der Waals surface area contributed by atoms with Crippen LogP contribution in [0.15, 0.2) is 18.6 Å². The van der Waals surface area contributed by atoms with Crippen LogP contribution in [0.25, 0.3) is 0 Å². The van der Waals surface area contributed by atoms with Gasteiger partial charge in [0.15, 0.2) is 0 Å². The van der Waals surface area contributed by atoms with E-state index in [0.29, 0.717) is 6.54 Å². The number of hydrogen-bond donors (Lipinski definition) is 2. The molecule has 1 aliphatic rings. The Morgan fingerprint density at radius 1 is 1.64 bits per heavy atom. The highest BCUT2D eigenvalue weighted by molar-refractivity contribution is 5.88. The number of nitrogens with one attached hydrogen (secondary N) is 1. The molecule has 1 aromatic rings. The van der Waals surface area contributed by atoms with Crippen molar-refractivity contribution in [2.75, 3.05) is 0 Å². The fourth-order valence-corrected chi connectivity index (χ4v) is 1.13. The summed E-state index contributed by atoms with van der Waals surface area (Å²) < 4.78 is 0. The molecular formula is C9H12N4O. The topological polar surface area (TPSA) is 80.9 Å². The molecule has 3 N–H and O–H groups in total. The van der Waals surface area contributed by atoms with E-state index in [4.69, 9.17) is 5.73 Å². The number of aromatic nitrogens is 2. The molecule has 0 radical (unpaired) electrons. The zero-order chi connectivity index (χ0) is 10.0. The Balaban J connectivity index is 1.86. The lowest BCUT2D eigenvalue weighted by molar-refractivity contribution is -0.123. The van der Waals surface area contributed by atoms with Gasteiger partial charge in [0, 0.05) is 6.20 Å². The molecule has 0 unspecified atom stereocenters. The molecule has 5 nitrogen and oxygen atoms in total. The molecule has 1 saturated carbocycles. The van der Waals surface area contributed by atoms with Crippen LogP contribution in [-0.4, -0.2) is 21.4 Å². The molecule has 1 amide bonds. The lowest BCUT2D eigenvalue weighted by Crippen LogP contribution is -2.42. The molecule has 1 fully saturated rings. The van der Waals surface area contributed by atoms with Crippen LogP contribution in [0, 0.1) is 0 Å². The van der Waals surface area contributed by atoms with Crippen LogP contribution in [0.5, 0.6) is 0 Å². The van der Waals surface area contributed by atoms with Gasteiger partial charge in [-0.3, -0.25) is 4.79 Å². The summed E-state index contributed by atoms with van der Waals surface area (Å²) in [7, 11) is 0. The minimum atomic E-state index is -0.604. The molecule has 1 heterocycles. The standard InChI is InChI=1S/C9H12N4O/c10-9(2-3-9)8(14)12-5-7-1-4-11-6-13-7/h1,4,6H,2-3,5,10H2,(H,12,14). The van der Waals surface area contributed by atoms with Crippen LogP contribution < -0.4 is 11.1 Å². The second-order valence-corrected chi connectivity index (χ2v) is 3.54. The predicted molar refractivity (Wildman–Crippen MR) is 50.0 cm³/mol. The monoisotopic (exact) mass is 192 g/mol. The maximum Gasteiger partial charge on any atom is 0.240 e. The summed E-state index contributed by atoms with van der Waals surface area (Å²) >= 11 is 0. The van der Waals surface area contributed by atoms with Crippen molar-refractivity contribution in [2.24, 2.45) is 5.73 Å². The van der Waals surface area contributed by atoms with Crippen LogP contribution >= 0.6 is 0 Å². The first kappa shape index (κ1) is 9.08. The number of carbonyl (C=O) groups excluding carboxylic acids is 1. The summed E-state index contributed by atoms with van der Waals surface area (Å²) in [5, 5.41) is 2.75. The molecule has 0 aromatic carbocycles. The maximum atomic E-state index is 11.4. The Morgan fingerprint density at radius 2 is 2.43 bits per heavy atom. The summed E-state index contributed by atoms with van der Waals surface area (Å²) in [6.07, 6.45) is 4.66. The molecule has 2 rings (SSSR count). The average molecular weight is 192 g/mol. The second kappa shape index (κ2) is 3.34. The zero-order valence-electron chi connectivity index (χ0n) is 7.73. The third-order valence-electron chi connectivity index (χ3n) is 2.31. The molecule has 0 saturated heterocycles. The van der Waals surface area contributed by atoms with Gasteiger partial charge in [-0.25, -0.2) is 9.97 Å². The molecule has 74 valence electrons. The molecule has 0 aliphatic heterocycles. The van der Waals surface area contributed by atoms with Crippen molar-refractivity contribution in [3.63, 3.8) is 0 Å². The predicted octanol–water partition coefficient (Wildman–Crippen LogP) is -0.416. The van der Waals surface area contributed by atoms with Crippen LogP contribution in [0.1, 0.15) is 18.5 Å². The Morgan fingerprint density at radius 3 is 3.00 bits per heavy atom. The van der Waals surface area contributed by atoms with Crippen molar-refractivity contribution in [1.29, 1.82) is 0 Å². The van der Waals surface area contributed by atoms with Crippen LogP contribution in [0.4, 0.5) is 0 Å². The average Bonchev–Trinajstić information content (AvgIpc) is 2.96. The molecule has 0 spiro atoms. The van der Waals surface area contributed by atoms with Gasteiger partial charge in [0.2, 0.25) is 5.91 Å². The molecular weight excluding hydrogens is 180 g/mol.